The molecule has 0 aliphatic rings. The van der Waals surface area contributed by atoms with Crippen LogP contribution in [-0.2, 0) is 0 Å². The maximum atomic E-state index is 12.5. The Labute approximate surface area is 143 Å². The minimum Gasteiger partial charge on any atom is -0.493 e. The highest BCUT2D eigenvalue weighted by molar-refractivity contribution is 6.35. The normalized spacial score (nSPS) is 10.4. The first-order chi connectivity index (χ1) is 11.5. The molecule has 0 saturated carbocycles. The Morgan fingerprint density at radius 3 is 2.71 bits per heavy atom. The fraction of sp³-hybridized carbons (Fsp3) is 0.111. The average molecular weight is 342 g/mol. The molecule has 0 saturated heterocycles. The lowest BCUT2D eigenvalue weighted by Crippen LogP contribution is -2.09. The number of nitriles is 1. The number of carbonyl (C=O) groups excluding carboxylic acids is 1. The lowest BCUT2D eigenvalue weighted by molar-refractivity contribution is 0.0698. The lowest BCUT2D eigenvalue weighted by atomic mass is 10.1. The minimum absolute atomic E-state index is 0.0736. The van der Waals surface area contributed by atoms with E-state index < -0.39 is 5.97 Å². The van der Waals surface area contributed by atoms with Crippen molar-refractivity contribution in [3.63, 3.8) is 0 Å². The predicted molar refractivity (Wildman–Crippen MR) is 88.6 cm³/mol. The zero-order valence-electron chi connectivity index (χ0n) is 12.9. The Hall–Kier alpha value is -2.97. The molecule has 0 unspecified atom stereocenters. The summed E-state index contributed by atoms with van der Waals surface area (Å²) in [4.78, 5) is 12.5. The number of hydrogen-bond acceptors (Lipinski definition) is 5. The molecule has 0 fully saturated rings. The molecule has 5 nitrogen and oxygen atoms in total. The van der Waals surface area contributed by atoms with Gasteiger partial charge in [-0.3, -0.25) is 0 Å². The van der Waals surface area contributed by atoms with Crippen molar-refractivity contribution in [2.45, 2.75) is 6.92 Å². The first kappa shape index (κ1) is 15.9. The number of fused-ring (bicyclic) bond motifs is 1. The van der Waals surface area contributed by atoms with E-state index in [2.05, 4.69) is 0 Å². The van der Waals surface area contributed by atoms with E-state index in [1.54, 1.807) is 19.1 Å². The van der Waals surface area contributed by atoms with Crippen LogP contribution in [0.5, 0.6) is 11.5 Å². The molecule has 0 aliphatic heterocycles. The van der Waals surface area contributed by atoms with Crippen LogP contribution >= 0.6 is 11.6 Å². The van der Waals surface area contributed by atoms with Crippen molar-refractivity contribution >= 4 is 28.5 Å². The van der Waals surface area contributed by atoms with Gasteiger partial charge in [-0.25, -0.2) is 4.79 Å². The molecule has 6 heteroatoms. The third-order valence-electron chi connectivity index (χ3n) is 3.60. The van der Waals surface area contributed by atoms with Crippen molar-refractivity contribution in [2.75, 3.05) is 7.11 Å². The van der Waals surface area contributed by atoms with E-state index in [0.29, 0.717) is 21.7 Å². The number of halogens is 1. The molecule has 0 aliphatic carbocycles. The molecule has 0 amide bonds. The van der Waals surface area contributed by atoms with Gasteiger partial charge in [-0.05, 0) is 25.1 Å². The van der Waals surface area contributed by atoms with E-state index in [-0.39, 0.29) is 17.3 Å². The second-order valence-electron chi connectivity index (χ2n) is 5.04. The van der Waals surface area contributed by atoms with Gasteiger partial charge in [0.05, 0.1) is 23.8 Å². The second kappa shape index (κ2) is 6.26. The van der Waals surface area contributed by atoms with E-state index >= 15 is 0 Å². The van der Waals surface area contributed by atoms with E-state index in [1.807, 2.05) is 12.1 Å². The van der Waals surface area contributed by atoms with Crippen LogP contribution in [0.15, 0.2) is 40.8 Å². The largest absolute Gasteiger partial charge is 0.493 e. The van der Waals surface area contributed by atoms with Gasteiger partial charge in [-0.2, -0.15) is 5.26 Å². The van der Waals surface area contributed by atoms with Crippen molar-refractivity contribution in [2.24, 2.45) is 0 Å². The number of para-hydroxylation sites is 1. The molecule has 0 N–H and O–H groups in total. The topological polar surface area (TPSA) is 72.5 Å². The number of esters is 1. The number of ether oxygens (including phenoxy) is 2. The first-order valence-electron chi connectivity index (χ1n) is 7.03. The van der Waals surface area contributed by atoms with Gasteiger partial charge in [-0.1, -0.05) is 23.7 Å². The fourth-order valence-electron chi connectivity index (χ4n) is 2.37. The van der Waals surface area contributed by atoms with Crippen LogP contribution in [0.3, 0.4) is 0 Å². The molecule has 120 valence electrons. The summed E-state index contributed by atoms with van der Waals surface area (Å²) >= 11 is 6.09. The summed E-state index contributed by atoms with van der Waals surface area (Å²) in [7, 11) is 1.43. The number of methoxy groups -OCH3 is 1. The quantitative estimate of drug-likeness (QED) is 0.518. The molecule has 3 aromatic rings. The lowest BCUT2D eigenvalue weighted by Gasteiger charge is -2.08. The summed E-state index contributed by atoms with van der Waals surface area (Å²) in [6.45, 7) is 1.76. The molecular weight excluding hydrogens is 330 g/mol. The summed E-state index contributed by atoms with van der Waals surface area (Å²) in [5, 5.41) is 10.1. The molecule has 0 bridgehead atoms. The summed E-state index contributed by atoms with van der Waals surface area (Å²) in [6.07, 6.45) is 0. The van der Waals surface area contributed by atoms with Crippen molar-refractivity contribution in [1.82, 2.24) is 0 Å². The third-order valence-corrected chi connectivity index (χ3v) is 3.89. The van der Waals surface area contributed by atoms with Crippen LogP contribution in [0.1, 0.15) is 21.7 Å². The van der Waals surface area contributed by atoms with Crippen LogP contribution in [-0.4, -0.2) is 13.1 Å². The summed E-state index contributed by atoms with van der Waals surface area (Å²) in [6, 6.07) is 11.8. The number of nitrogens with zero attached hydrogens (tertiary/aromatic N) is 1. The van der Waals surface area contributed by atoms with Gasteiger partial charge in [0.15, 0.2) is 17.1 Å². The van der Waals surface area contributed by atoms with Crippen molar-refractivity contribution in [3.05, 3.63) is 58.3 Å². The second-order valence-corrected chi connectivity index (χ2v) is 5.45. The summed E-state index contributed by atoms with van der Waals surface area (Å²) < 4.78 is 16.1. The van der Waals surface area contributed by atoms with Crippen LogP contribution in [0.4, 0.5) is 0 Å². The van der Waals surface area contributed by atoms with Crippen LogP contribution in [0.2, 0.25) is 5.02 Å². The highest BCUT2D eigenvalue weighted by Crippen LogP contribution is 2.33. The molecule has 0 radical (unpaired) electrons. The molecule has 1 heterocycles. The molecule has 0 spiro atoms. The Morgan fingerprint density at radius 2 is 2.04 bits per heavy atom. The number of benzene rings is 2. The summed E-state index contributed by atoms with van der Waals surface area (Å²) in [5.74, 6) is -0.103. The van der Waals surface area contributed by atoms with Crippen molar-refractivity contribution < 1.29 is 18.7 Å². The number of aryl methyl sites for hydroxylation is 1. The van der Waals surface area contributed by atoms with Crippen LogP contribution in [0, 0.1) is 18.3 Å². The Kier molecular flexibility index (Phi) is 4.15. The number of rotatable bonds is 3. The molecule has 24 heavy (non-hydrogen) atoms. The minimum atomic E-state index is -0.664. The van der Waals surface area contributed by atoms with Gasteiger partial charge >= 0.3 is 5.97 Å². The Bertz CT molecular complexity index is 985. The number of carbonyl (C=O) groups is 1. The van der Waals surface area contributed by atoms with Crippen molar-refractivity contribution in [3.8, 4) is 17.6 Å². The van der Waals surface area contributed by atoms with Gasteiger partial charge < -0.3 is 13.9 Å². The maximum Gasteiger partial charge on any atom is 0.380 e. The smallest absolute Gasteiger partial charge is 0.380 e. The molecule has 0 atom stereocenters. The van der Waals surface area contributed by atoms with E-state index in [0.717, 1.165) is 5.39 Å². The monoisotopic (exact) mass is 341 g/mol. The first-order valence-corrected chi connectivity index (χ1v) is 7.41. The Balaban J connectivity index is 1.98. The third kappa shape index (κ3) is 2.68. The highest BCUT2D eigenvalue weighted by Gasteiger charge is 2.22. The van der Waals surface area contributed by atoms with E-state index in [4.69, 9.17) is 30.8 Å². The number of hydrogen-bond donors (Lipinski definition) is 0. The predicted octanol–water partition coefficient (Wildman–Crippen LogP) is 4.49. The van der Waals surface area contributed by atoms with Crippen molar-refractivity contribution in [1.29, 1.82) is 5.26 Å². The zero-order valence-corrected chi connectivity index (χ0v) is 13.7. The van der Waals surface area contributed by atoms with Gasteiger partial charge in [0.1, 0.15) is 0 Å². The molecule has 2 aromatic carbocycles. The van der Waals surface area contributed by atoms with Crippen LogP contribution < -0.4 is 9.47 Å². The average Bonchev–Trinajstić information content (AvgIpc) is 2.94. The standard InChI is InChI=1S/C18H12ClNO4/c1-10-12-4-3-5-13(19)17(12)24-16(10)18(21)23-14-7-6-11(9-20)8-15(14)22-2/h3-8H,1-2H3. The summed E-state index contributed by atoms with van der Waals surface area (Å²) in [5.41, 5.74) is 1.49. The molecular formula is C18H12ClNO4. The van der Waals surface area contributed by atoms with Gasteiger partial charge in [0, 0.05) is 17.0 Å². The highest BCUT2D eigenvalue weighted by atomic mass is 35.5. The Morgan fingerprint density at radius 1 is 1.25 bits per heavy atom. The van der Waals surface area contributed by atoms with E-state index in [1.165, 1.54) is 25.3 Å². The molecule has 3 rings (SSSR count). The molecule has 1 aromatic heterocycles. The van der Waals surface area contributed by atoms with Gasteiger partial charge in [0.2, 0.25) is 5.76 Å². The van der Waals surface area contributed by atoms with E-state index in [9.17, 15) is 4.79 Å². The number of furan rings is 1. The zero-order chi connectivity index (χ0) is 17.3. The fourth-order valence-corrected chi connectivity index (χ4v) is 2.58. The van der Waals surface area contributed by atoms with Crippen LogP contribution in [0.25, 0.3) is 11.0 Å². The van der Waals surface area contributed by atoms with Gasteiger partial charge in [-0.15, -0.1) is 0 Å². The SMILES string of the molecule is COc1cc(C#N)ccc1OC(=O)c1oc2c(Cl)cccc2c1C. The maximum absolute atomic E-state index is 12.5. The van der Waals surface area contributed by atoms with Gasteiger partial charge in [0.25, 0.3) is 0 Å².